The average Bonchev–Trinajstić information content (AvgIpc) is 3.14. The summed E-state index contributed by atoms with van der Waals surface area (Å²) < 4.78 is 7.70. The van der Waals surface area contributed by atoms with Crippen molar-refractivity contribution in [1.29, 1.82) is 0 Å². The van der Waals surface area contributed by atoms with E-state index in [1.165, 1.54) is 5.56 Å². The van der Waals surface area contributed by atoms with Crippen molar-refractivity contribution in [3.63, 3.8) is 0 Å². The van der Waals surface area contributed by atoms with Gasteiger partial charge in [0.15, 0.2) is 18.0 Å². The number of piperazine rings is 1. The first kappa shape index (κ1) is 19.2. The second kappa shape index (κ2) is 8.92. The number of carbonyl (C=O) groups excluding carboxylic acids is 1. The van der Waals surface area contributed by atoms with Crippen LogP contribution in [-0.4, -0.2) is 64.4 Å². The molecule has 4 rings (SSSR count). The Morgan fingerprint density at radius 3 is 2.69 bits per heavy atom. The molecule has 150 valence electrons. The van der Waals surface area contributed by atoms with Gasteiger partial charge < -0.3 is 14.0 Å². The van der Waals surface area contributed by atoms with Crippen LogP contribution in [0.5, 0.6) is 5.75 Å². The van der Waals surface area contributed by atoms with Gasteiger partial charge in [-0.1, -0.05) is 42.5 Å². The van der Waals surface area contributed by atoms with E-state index in [0.29, 0.717) is 5.75 Å². The number of aryl methyl sites for hydroxylation is 1. The van der Waals surface area contributed by atoms with Crippen molar-refractivity contribution in [2.45, 2.75) is 6.92 Å². The van der Waals surface area contributed by atoms with E-state index >= 15 is 0 Å². The highest BCUT2D eigenvalue weighted by Crippen LogP contribution is 2.19. The van der Waals surface area contributed by atoms with E-state index in [1.807, 2.05) is 58.9 Å². The molecule has 0 N–H and O–H groups in total. The van der Waals surface area contributed by atoms with Crippen LogP contribution >= 0.6 is 0 Å². The Balaban J connectivity index is 1.24. The number of hydrogen-bond donors (Lipinski definition) is 0. The van der Waals surface area contributed by atoms with Crippen LogP contribution in [0, 0.1) is 6.92 Å². The largest absolute Gasteiger partial charge is 0.480 e. The maximum Gasteiger partial charge on any atom is 0.260 e. The molecular formula is C23H26N4O2. The molecule has 29 heavy (non-hydrogen) atoms. The highest BCUT2D eigenvalue weighted by molar-refractivity contribution is 5.78. The minimum Gasteiger partial charge on any atom is -0.480 e. The smallest absolute Gasteiger partial charge is 0.260 e. The molecule has 1 aliphatic heterocycles. The van der Waals surface area contributed by atoms with Gasteiger partial charge in [0.2, 0.25) is 0 Å². The summed E-state index contributed by atoms with van der Waals surface area (Å²) in [4.78, 5) is 21.3. The van der Waals surface area contributed by atoms with Crippen molar-refractivity contribution in [1.82, 2.24) is 19.2 Å². The summed E-state index contributed by atoms with van der Waals surface area (Å²) >= 11 is 0. The molecule has 6 heteroatoms. The fourth-order valence-electron chi connectivity index (χ4n) is 3.54. The number of rotatable bonds is 6. The minimum atomic E-state index is 0.0229. The Kier molecular flexibility index (Phi) is 5.91. The maximum atomic E-state index is 12.6. The first-order chi connectivity index (χ1) is 14.2. The van der Waals surface area contributed by atoms with Gasteiger partial charge in [0.25, 0.3) is 5.91 Å². The Hall–Kier alpha value is -3.12. The third-order valence-electron chi connectivity index (χ3n) is 5.12. The summed E-state index contributed by atoms with van der Waals surface area (Å²) in [6.45, 7) is 6.09. The number of ether oxygens (including phenoxy) is 1. The second-order valence-electron chi connectivity index (χ2n) is 7.27. The van der Waals surface area contributed by atoms with Crippen LogP contribution in [-0.2, 0) is 4.79 Å². The van der Waals surface area contributed by atoms with Crippen molar-refractivity contribution in [2.75, 3.05) is 39.3 Å². The molecule has 0 aliphatic carbocycles. The van der Waals surface area contributed by atoms with Crippen molar-refractivity contribution < 1.29 is 9.53 Å². The lowest BCUT2D eigenvalue weighted by atomic mass is 10.2. The molecule has 3 aromatic rings. The van der Waals surface area contributed by atoms with Crippen LogP contribution in [0.1, 0.15) is 11.3 Å². The highest BCUT2D eigenvalue weighted by atomic mass is 16.5. The number of nitrogens with zero attached hydrogens (tertiary/aromatic N) is 4. The third-order valence-corrected chi connectivity index (χ3v) is 5.12. The lowest BCUT2D eigenvalue weighted by Crippen LogP contribution is -2.49. The van der Waals surface area contributed by atoms with E-state index in [2.05, 4.69) is 34.2 Å². The van der Waals surface area contributed by atoms with Gasteiger partial charge in [-0.15, -0.1) is 0 Å². The lowest BCUT2D eigenvalue weighted by molar-refractivity contribution is -0.135. The minimum absolute atomic E-state index is 0.0229. The third kappa shape index (κ3) is 4.84. The first-order valence-corrected chi connectivity index (χ1v) is 9.98. The number of fused-ring (bicyclic) bond motifs is 1. The van der Waals surface area contributed by atoms with Crippen LogP contribution in [0.2, 0.25) is 0 Å². The lowest BCUT2D eigenvalue weighted by Gasteiger charge is -2.34. The Morgan fingerprint density at radius 2 is 1.90 bits per heavy atom. The average molecular weight is 390 g/mol. The number of pyridine rings is 1. The van der Waals surface area contributed by atoms with E-state index in [4.69, 9.17) is 4.74 Å². The van der Waals surface area contributed by atoms with Gasteiger partial charge in [-0.2, -0.15) is 0 Å². The molecule has 0 bridgehead atoms. The first-order valence-electron chi connectivity index (χ1n) is 9.98. The molecule has 0 saturated carbocycles. The quantitative estimate of drug-likeness (QED) is 0.649. The SMILES string of the molecule is Cc1cn2cccc(OCC(=O)N3CCN(C/C=C/c4ccccc4)CC3)c2n1. The van der Waals surface area contributed by atoms with Crippen molar-refractivity contribution in [2.24, 2.45) is 0 Å². The number of carbonyl (C=O) groups is 1. The topological polar surface area (TPSA) is 50.1 Å². The fourth-order valence-corrected chi connectivity index (χ4v) is 3.54. The maximum absolute atomic E-state index is 12.6. The van der Waals surface area contributed by atoms with Gasteiger partial charge in [0.05, 0.1) is 5.69 Å². The van der Waals surface area contributed by atoms with E-state index in [-0.39, 0.29) is 12.5 Å². The van der Waals surface area contributed by atoms with Gasteiger partial charge in [0, 0.05) is 45.1 Å². The summed E-state index contributed by atoms with van der Waals surface area (Å²) in [5.41, 5.74) is 2.87. The monoisotopic (exact) mass is 390 g/mol. The van der Waals surface area contributed by atoms with Crippen LogP contribution in [0.15, 0.2) is 60.9 Å². The van der Waals surface area contributed by atoms with E-state index in [9.17, 15) is 4.79 Å². The number of aromatic nitrogens is 2. The summed E-state index contributed by atoms with van der Waals surface area (Å²) in [5.74, 6) is 0.661. The zero-order valence-corrected chi connectivity index (χ0v) is 16.7. The molecule has 3 heterocycles. The number of imidazole rings is 1. The summed E-state index contributed by atoms with van der Waals surface area (Å²) in [7, 11) is 0. The van der Waals surface area contributed by atoms with Crippen molar-refractivity contribution in [3.8, 4) is 5.75 Å². The molecule has 1 fully saturated rings. The highest BCUT2D eigenvalue weighted by Gasteiger charge is 2.21. The van der Waals surface area contributed by atoms with E-state index < -0.39 is 0 Å². The Labute approximate surface area is 171 Å². The zero-order chi connectivity index (χ0) is 20.1. The number of benzene rings is 1. The van der Waals surface area contributed by atoms with Gasteiger partial charge >= 0.3 is 0 Å². The van der Waals surface area contributed by atoms with Gasteiger partial charge in [-0.05, 0) is 24.6 Å². The van der Waals surface area contributed by atoms with E-state index in [0.717, 1.165) is 44.1 Å². The van der Waals surface area contributed by atoms with E-state index in [1.54, 1.807) is 0 Å². The summed E-state index contributed by atoms with van der Waals surface area (Å²) in [6.07, 6.45) is 8.19. The molecule has 1 saturated heterocycles. The zero-order valence-electron chi connectivity index (χ0n) is 16.7. The standard InChI is InChI=1S/C23H26N4O2/c1-19-17-27-12-6-10-21(23(27)24-19)29-18-22(28)26-15-13-25(14-16-26)11-5-9-20-7-3-2-4-8-20/h2-10,12,17H,11,13-16,18H2,1H3/b9-5+. The Morgan fingerprint density at radius 1 is 1.10 bits per heavy atom. The normalized spacial score (nSPS) is 15.3. The molecule has 6 nitrogen and oxygen atoms in total. The van der Waals surface area contributed by atoms with Crippen molar-refractivity contribution in [3.05, 3.63) is 72.2 Å². The fraction of sp³-hybridized carbons (Fsp3) is 0.304. The van der Waals surface area contributed by atoms with Gasteiger partial charge in [-0.25, -0.2) is 4.98 Å². The molecule has 1 aliphatic rings. The predicted molar refractivity (Wildman–Crippen MR) is 114 cm³/mol. The van der Waals surface area contributed by atoms with Crippen LogP contribution in [0.4, 0.5) is 0 Å². The summed E-state index contributed by atoms with van der Waals surface area (Å²) in [6, 6.07) is 14.0. The van der Waals surface area contributed by atoms with Crippen LogP contribution < -0.4 is 4.74 Å². The molecule has 2 aromatic heterocycles. The molecular weight excluding hydrogens is 364 g/mol. The van der Waals surface area contributed by atoms with Gasteiger partial charge in [-0.3, -0.25) is 9.69 Å². The molecule has 0 spiro atoms. The van der Waals surface area contributed by atoms with Gasteiger partial charge in [0.1, 0.15) is 0 Å². The predicted octanol–water partition coefficient (Wildman–Crippen LogP) is 2.88. The molecule has 1 aromatic carbocycles. The molecule has 0 unspecified atom stereocenters. The second-order valence-corrected chi connectivity index (χ2v) is 7.27. The van der Waals surface area contributed by atoms with Crippen LogP contribution in [0.3, 0.4) is 0 Å². The Bertz CT molecular complexity index is 989. The van der Waals surface area contributed by atoms with Crippen molar-refractivity contribution >= 4 is 17.6 Å². The molecule has 0 radical (unpaired) electrons. The molecule has 0 atom stereocenters. The van der Waals surface area contributed by atoms with Crippen LogP contribution in [0.25, 0.3) is 11.7 Å². The number of hydrogen-bond acceptors (Lipinski definition) is 4. The number of amides is 1. The summed E-state index contributed by atoms with van der Waals surface area (Å²) in [5, 5.41) is 0. The molecule has 1 amide bonds.